The number of aromatic nitrogens is 1. The van der Waals surface area contributed by atoms with Crippen molar-refractivity contribution in [2.24, 2.45) is 11.3 Å². The molecule has 31 heavy (non-hydrogen) atoms. The maximum Gasteiger partial charge on any atom is 0.490 e. The summed E-state index contributed by atoms with van der Waals surface area (Å²) in [5.74, 6) is -1.83. The van der Waals surface area contributed by atoms with E-state index in [9.17, 15) is 18.0 Å². The standard InChI is InChI=1S/C19H26N2O3.C2HF3O2/c22-18(16-3-7-20-8-4-16)21-9-5-19(6-10-21)11-17(24-14-19)13-23-12-15-1-2-15;3-2(4,5)1(6)7/h3-4,7-8,15,17H,1-2,5-6,9-14H2;(H,6,7). The second kappa shape index (κ2) is 9.95. The highest BCUT2D eigenvalue weighted by molar-refractivity contribution is 5.94. The molecule has 0 radical (unpaired) electrons. The fraction of sp³-hybridized carbons (Fsp3) is 0.667. The van der Waals surface area contributed by atoms with Gasteiger partial charge in [0.2, 0.25) is 0 Å². The Bertz CT molecular complexity index is 747. The smallest absolute Gasteiger partial charge is 0.475 e. The molecule has 2 aliphatic heterocycles. The van der Waals surface area contributed by atoms with Crippen molar-refractivity contribution in [3.63, 3.8) is 0 Å². The minimum atomic E-state index is -5.08. The number of halogens is 3. The molecule has 4 rings (SSSR count). The Kier molecular flexibility index (Phi) is 7.53. The van der Waals surface area contributed by atoms with Crippen molar-refractivity contribution in [1.82, 2.24) is 9.88 Å². The van der Waals surface area contributed by atoms with Crippen LogP contribution in [0.4, 0.5) is 13.2 Å². The van der Waals surface area contributed by atoms with Gasteiger partial charge in [0.25, 0.3) is 5.91 Å². The summed E-state index contributed by atoms with van der Waals surface area (Å²) in [6, 6.07) is 3.58. The lowest BCUT2D eigenvalue weighted by molar-refractivity contribution is -0.192. The monoisotopic (exact) mass is 444 g/mol. The van der Waals surface area contributed by atoms with Gasteiger partial charge in [-0.25, -0.2) is 4.79 Å². The van der Waals surface area contributed by atoms with Crippen molar-refractivity contribution in [2.75, 3.05) is 32.9 Å². The van der Waals surface area contributed by atoms with Crippen molar-refractivity contribution in [3.8, 4) is 0 Å². The first-order valence-corrected chi connectivity index (χ1v) is 10.4. The van der Waals surface area contributed by atoms with E-state index in [1.807, 2.05) is 4.90 Å². The lowest BCUT2D eigenvalue weighted by atomic mass is 9.76. The fourth-order valence-corrected chi connectivity index (χ4v) is 3.86. The van der Waals surface area contributed by atoms with Crippen molar-refractivity contribution in [3.05, 3.63) is 30.1 Å². The summed E-state index contributed by atoms with van der Waals surface area (Å²) in [7, 11) is 0. The zero-order chi connectivity index (χ0) is 22.5. The van der Waals surface area contributed by atoms with Crippen LogP contribution in [0.25, 0.3) is 0 Å². The molecule has 3 fully saturated rings. The van der Waals surface area contributed by atoms with Gasteiger partial charge in [-0.1, -0.05) is 0 Å². The molecule has 1 aromatic rings. The highest BCUT2D eigenvalue weighted by Gasteiger charge is 2.43. The van der Waals surface area contributed by atoms with Gasteiger partial charge in [0.15, 0.2) is 0 Å². The number of ether oxygens (including phenoxy) is 2. The number of piperidine rings is 1. The Labute approximate surface area is 178 Å². The number of likely N-dealkylation sites (tertiary alicyclic amines) is 1. The number of carboxylic acids is 1. The molecule has 1 spiro atoms. The van der Waals surface area contributed by atoms with Crippen LogP contribution in [0.3, 0.4) is 0 Å². The third-order valence-electron chi connectivity index (χ3n) is 5.92. The number of carbonyl (C=O) groups is 2. The maximum absolute atomic E-state index is 12.5. The third-order valence-corrected chi connectivity index (χ3v) is 5.92. The third kappa shape index (κ3) is 6.90. The molecular weight excluding hydrogens is 417 g/mol. The van der Waals surface area contributed by atoms with Crippen LogP contribution in [0.2, 0.25) is 0 Å². The number of nitrogens with zero attached hydrogens (tertiary/aromatic N) is 2. The van der Waals surface area contributed by atoms with Crippen LogP contribution in [0.15, 0.2) is 24.5 Å². The predicted molar refractivity (Wildman–Crippen MR) is 103 cm³/mol. The second-order valence-electron chi connectivity index (χ2n) is 8.45. The predicted octanol–water partition coefficient (Wildman–Crippen LogP) is 3.15. The van der Waals surface area contributed by atoms with Crippen molar-refractivity contribution in [1.29, 1.82) is 0 Å². The lowest BCUT2D eigenvalue weighted by Gasteiger charge is -2.38. The second-order valence-corrected chi connectivity index (χ2v) is 8.45. The highest BCUT2D eigenvalue weighted by atomic mass is 19.4. The Morgan fingerprint density at radius 1 is 1.19 bits per heavy atom. The molecule has 2 saturated heterocycles. The normalized spacial score (nSPS) is 22.7. The van der Waals surface area contributed by atoms with E-state index < -0.39 is 12.1 Å². The molecule has 1 unspecified atom stereocenters. The molecule has 172 valence electrons. The minimum Gasteiger partial charge on any atom is -0.475 e. The molecule has 1 saturated carbocycles. The molecule has 0 aromatic carbocycles. The summed E-state index contributed by atoms with van der Waals surface area (Å²) >= 11 is 0. The number of alkyl halides is 3. The first-order valence-electron chi connectivity index (χ1n) is 10.4. The van der Waals surface area contributed by atoms with Crippen LogP contribution in [-0.4, -0.2) is 72.1 Å². The number of pyridine rings is 1. The van der Waals surface area contributed by atoms with E-state index in [1.165, 1.54) is 12.8 Å². The summed E-state index contributed by atoms with van der Waals surface area (Å²) in [4.78, 5) is 27.4. The van der Waals surface area contributed by atoms with Gasteiger partial charge in [0.05, 0.1) is 19.3 Å². The average Bonchev–Trinajstić information content (AvgIpc) is 3.49. The van der Waals surface area contributed by atoms with Crippen molar-refractivity contribution in [2.45, 2.75) is 44.4 Å². The molecule has 1 N–H and O–H groups in total. The van der Waals surface area contributed by atoms with Gasteiger partial charge in [-0.05, 0) is 55.6 Å². The Balaban J connectivity index is 0.000000339. The number of amides is 1. The molecule has 1 aliphatic carbocycles. The summed E-state index contributed by atoms with van der Waals surface area (Å²) in [5.41, 5.74) is 0.984. The fourth-order valence-electron chi connectivity index (χ4n) is 3.86. The van der Waals surface area contributed by atoms with Crippen LogP contribution < -0.4 is 0 Å². The molecule has 3 heterocycles. The van der Waals surface area contributed by atoms with Gasteiger partial charge in [-0.2, -0.15) is 13.2 Å². The Morgan fingerprint density at radius 2 is 1.81 bits per heavy atom. The minimum absolute atomic E-state index is 0.121. The van der Waals surface area contributed by atoms with Gasteiger partial charge in [-0.3, -0.25) is 9.78 Å². The van der Waals surface area contributed by atoms with Crippen LogP contribution in [0.5, 0.6) is 0 Å². The number of carbonyl (C=O) groups excluding carboxylic acids is 1. The largest absolute Gasteiger partial charge is 0.490 e. The van der Waals surface area contributed by atoms with Gasteiger partial charge in [0, 0.05) is 37.7 Å². The van der Waals surface area contributed by atoms with E-state index in [-0.39, 0.29) is 17.4 Å². The molecule has 7 nitrogen and oxygen atoms in total. The molecule has 10 heteroatoms. The number of rotatable bonds is 5. The zero-order valence-corrected chi connectivity index (χ0v) is 17.1. The molecule has 0 bridgehead atoms. The average molecular weight is 444 g/mol. The number of aliphatic carboxylic acids is 1. The van der Waals surface area contributed by atoms with Gasteiger partial charge in [0.1, 0.15) is 0 Å². The molecular formula is C21H27F3N2O5. The number of hydrogen-bond donors (Lipinski definition) is 1. The van der Waals surface area contributed by atoms with E-state index in [0.717, 1.165) is 63.7 Å². The summed E-state index contributed by atoms with van der Waals surface area (Å²) in [5, 5.41) is 7.12. The van der Waals surface area contributed by atoms with Crippen LogP contribution in [0.1, 0.15) is 42.5 Å². The van der Waals surface area contributed by atoms with E-state index in [2.05, 4.69) is 4.98 Å². The van der Waals surface area contributed by atoms with Crippen LogP contribution in [0, 0.1) is 11.3 Å². The Morgan fingerprint density at radius 3 is 2.35 bits per heavy atom. The number of carboxylic acid groups (broad SMARTS) is 1. The zero-order valence-electron chi connectivity index (χ0n) is 17.1. The van der Waals surface area contributed by atoms with Gasteiger partial charge in [-0.15, -0.1) is 0 Å². The quantitative estimate of drug-likeness (QED) is 0.751. The van der Waals surface area contributed by atoms with Gasteiger partial charge >= 0.3 is 12.1 Å². The summed E-state index contributed by atoms with van der Waals surface area (Å²) in [6.07, 6.45) is 4.31. The summed E-state index contributed by atoms with van der Waals surface area (Å²) < 4.78 is 43.5. The summed E-state index contributed by atoms with van der Waals surface area (Å²) in [6.45, 7) is 4.10. The van der Waals surface area contributed by atoms with Crippen LogP contribution in [-0.2, 0) is 14.3 Å². The van der Waals surface area contributed by atoms with E-state index in [1.54, 1.807) is 24.5 Å². The first kappa shape index (κ1) is 23.5. The van der Waals surface area contributed by atoms with Crippen LogP contribution >= 0.6 is 0 Å². The highest BCUT2D eigenvalue weighted by Crippen LogP contribution is 2.42. The van der Waals surface area contributed by atoms with Gasteiger partial charge < -0.3 is 19.5 Å². The van der Waals surface area contributed by atoms with E-state index in [4.69, 9.17) is 19.4 Å². The van der Waals surface area contributed by atoms with E-state index >= 15 is 0 Å². The maximum atomic E-state index is 12.5. The number of hydrogen-bond acceptors (Lipinski definition) is 5. The van der Waals surface area contributed by atoms with Crippen molar-refractivity contribution >= 4 is 11.9 Å². The van der Waals surface area contributed by atoms with E-state index in [0.29, 0.717) is 0 Å². The Hall–Kier alpha value is -2.20. The lowest BCUT2D eigenvalue weighted by Crippen LogP contribution is -2.43. The SMILES string of the molecule is O=C(O)C(F)(F)F.O=C(c1ccncc1)N1CCC2(CC1)COC(COCC1CC1)C2. The molecule has 1 aromatic heterocycles. The first-order chi connectivity index (χ1) is 14.7. The molecule has 1 atom stereocenters. The topological polar surface area (TPSA) is 89.0 Å². The molecule has 3 aliphatic rings. The molecule has 1 amide bonds. The van der Waals surface area contributed by atoms with Crippen molar-refractivity contribution < 1.29 is 37.3 Å².